The van der Waals surface area contributed by atoms with Crippen LogP contribution in [0.3, 0.4) is 0 Å². The smallest absolute Gasteiger partial charge is 0.335 e. The van der Waals surface area contributed by atoms with Gasteiger partial charge in [0.05, 0.1) is 16.1 Å². The van der Waals surface area contributed by atoms with E-state index < -0.39 is 27.6 Å². The Hall–Kier alpha value is -3.46. The van der Waals surface area contributed by atoms with E-state index in [0.29, 0.717) is 22.6 Å². The molecule has 3 rings (SSSR count). The van der Waals surface area contributed by atoms with Crippen molar-refractivity contribution < 1.29 is 31.8 Å². The number of anilines is 1. The number of aryl methyl sites for hydroxylation is 1. The van der Waals surface area contributed by atoms with Crippen molar-refractivity contribution in [1.29, 1.82) is 0 Å². The van der Waals surface area contributed by atoms with E-state index in [1.165, 1.54) is 18.2 Å². The number of carbonyl (C=O) groups is 1. The predicted octanol–water partition coefficient (Wildman–Crippen LogP) is 4.77. The van der Waals surface area contributed by atoms with Crippen molar-refractivity contribution in [2.24, 2.45) is 0 Å². The van der Waals surface area contributed by atoms with Gasteiger partial charge in [0.15, 0.2) is 11.6 Å². The zero-order valence-electron chi connectivity index (χ0n) is 17.4. The topological polar surface area (TPSA) is 83.9 Å². The molecule has 0 aliphatic heterocycles. The second kappa shape index (κ2) is 9.35. The van der Waals surface area contributed by atoms with Crippen molar-refractivity contribution in [3.8, 4) is 5.75 Å². The molecule has 6 nitrogen and oxygen atoms in total. The maximum absolute atomic E-state index is 13.3. The summed E-state index contributed by atoms with van der Waals surface area (Å²) in [6.45, 7) is 3.38. The number of hydrogen-bond acceptors (Lipinski definition) is 4. The minimum atomic E-state index is -4.00. The van der Waals surface area contributed by atoms with E-state index in [4.69, 9.17) is 4.74 Å². The third-order valence-corrected chi connectivity index (χ3v) is 6.73. The zero-order valence-corrected chi connectivity index (χ0v) is 18.2. The normalized spacial score (nSPS) is 11.2. The number of hydrogen-bond donors (Lipinski definition) is 1. The van der Waals surface area contributed by atoms with Gasteiger partial charge in [0.25, 0.3) is 10.0 Å². The van der Waals surface area contributed by atoms with E-state index in [9.17, 15) is 27.1 Å². The quantitative estimate of drug-likeness (QED) is 0.523. The molecule has 1 N–H and O–H groups in total. The van der Waals surface area contributed by atoms with Crippen molar-refractivity contribution >= 4 is 21.7 Å². The van der Waals surface area contributed by atoms with Gasteiger partial charge >= 0.3 is 5.97 Å². The number of ether oxygens (including phenoxy) is 1. The second-order valence-electron chi connectivity index (χ2n) is 6.98. The molecule has 0 atom stereocenters. The van der Waals surface area contributed by atoms with E-state index >= 15 is 0 Å². The van der Waals surface area contributed by atoms with E-state index in [1.54, 1.807) is 38.1 Å². The molecular formula is C23H21F2NO5S. The van der Waals surface area contributed by atoms with Crippen LogP contribution in [0.25, 0.3) is 0 Å². The predicted molar refractivity (Wildman–Crippen MR) is 115 cm³/mol. The van der Waals surface area contributed by atoms with Gasteiger partial charge in [-0.15, -0.1) is 0 Å². The summed E-state index contributed by atoms with van der Waals surface area (Å²) >= 11 is 0. The summed E-state index contributed by atoms with van der Waals surface area (Å²) < 4.78 is 59.3. The maximum atomic E-state index is 13.3. The highest BCUT2D eigenvalue weighted by molar-refractivity contribution is 7.92. The fourth-order valence-electron chi connectivity index (χ4n) is 3.12. The summed E-state index contributed by atoms with van der Waals surface area (Å²) in [5.41, 5.74) is 1.19. The molecule has 168 valence electrons. The largest absolute Gasteiger partial charge is 0.489 e. The first-order valence-electron chi connectivity index (χ1n) is 9.67. The molecule has 0 saturated heterocycles. The Kier molecular flexibility index (Phi) is 6.78. The molecule has 0 heterocycles. The van der Waals surface area contributed by atoms with Crippen LogP contribution < -0.4 is 9.04 Å². The van der Waals surface area contributed by atoms with Crippen molar-refractivity contribution in [1.82, 2.24) is 0 Å². The Bertz CT molecular complexity index is 1240. The molecule has 32 heavy (non-hydrogen) atoms. The van der Waals surface area contributed by atoms with Crippen molar-refractivity contribution in [3.63, 3.8) is 0 Å². The summed E-state index contributed by atoms with van der Waals surface area (Å²) in [5, 5.41) is 9.30. The van der Waals surface area contributed by atoms with E-state index in [1.807, 2.05) is 0 Å². The molecule has 0 saturated carbocycles. The zero-order chi connectivity index (χ0) is 23.5. The van der Waals surface area contributed by atoms with Crippen LogP contribution in [0.15, 0.2) is 65.6 Å². The van der Waals surface area contributed by atoms with E-state index in [0.717, 1.165) is 22.5 Å². The number of rotatable bonds is 8. The summed E-state index contributed by atoms with van der Waals surface area (Å²) in [5.74, 6) is -2.70. The van der Waals surface area contributed by atoms with Crippen molar-refractivity contribution in [2.45, 2.75) is 25.3 Å². The van der Waals surface area contributed by atoms with Gasteiger partial charge in [-0.3, -0.25) is 4.31 Å². The van der Waals surface area contributed by atoms with Crippen LogP contribution in [0.4, 0.5) is 14.5 Å². The number of aromatic carboxylic acids is 1. The van der Waals surface area contributed by atoms with Crippen LogP contribution in [0.1, 0.15) is 28.4 Å². The first kappa shape index (κ1) is 23.2. The standard InChI is InChI=1S/C23H21F2NO5S/c1-3-26(32(29,30)19-10-4-15(2)20(13-19)23(27)28)17-6-8-18(9-7-17)31-14-16-5-11-21(24)22(25)12-16/h4-13H,3,14H2,1-2H3,(H,27,28). The van der Waals surface area contributed by atoms with Crippen LogP contribution in [0.5, 0.6) is 5.75 Å². The van der Waals surface area contributed by atoms with E-state index in [-0.39, 0.29) is 23.6 Å². The van der Waals surface area contributed by atoms with Crippen LogP contribution in [0, 0.1) is 18.6 Å². The Balaban J connectivity index is 1.80. The third kappa shape index (κ3) is 4.88. The van der Waals surface area contributed by atoms with Gasteiger partial charge in [0.1, 0.15) is 12.4 Å². The minimum absolute atomic E-state index is 0.00761. The Morgan fingerprint density at radius 2 is 1.69 bits per heavy atom. The van der Waals surface area contributed by atoms with Gasteiger partial charge in [-0.1, -0.05) is 12.1 Å². The first-order chi connectivity index (χ1) is 15.1. The average Bonchev–Trinajstić information content (AvgIpc) is 2.75. The molecule has 0 aromatic heterocycles. The van der Waals surface area contributed by atoms with Gasteiger partial charge in [-0.05, 0) is 73.5 Å². The van der Waals surface area contributed by atoms with Crippen molar-refractivity contribution in [2.75, 3.05) is 10.8 Å². The molecular weight excluding hydrogens is 440 g/mol. The molecule has 0 aliphatic rings. The fraction of sp³-hybridized carbons (Fsp3) is 0.174. The number of carboxylic acid groups (broad SMARTS) is 1. The molecule has 0 bridgehead atoms. The fourth-order valence-corrected chi connectivity index (χ4v) is 4.62. The summed E-state index contributed by atoms with van der Waals surface area (Å²) in [4.78, 5) is 11.3. The molecule has 0 fully saturated rings. The second-order valence-corrected chi connectivity index (χ2v) is 8.85. The molecule has 0 aliphatic carbocycles. The monoisotopic (exact) mass is 461 g/mol. The molecule has 3 aromatic carbocycles. The van der Waals surface area contributed by atoms with Gasteiger partial charge in [0, 0.05) is 6.54 Å². The number of carboxylic acids is 1. The summed E-state index contributed by atoms with van der Waals surface area (Å²) in [6, 6.07) is 13.7. The lowest BCUT2D eigenvalue weighted by molar-refractivity contribution is 0.0696. The number of halogens is 2. The third-order valence-electron chi connectivity index (χ3n) is 4.83. The highest BCUT2D eigenvalue weighted by Crippen LogP contribution is 2.27. The molecule has 9 heteroatoms. The van der Waals surface area contributed by atoms with E-state index in [2.05, 4.69) is 0 Å². The van der Waals surface area contributed by atoms with Crippen LogP contribution in [-0.4, -0.2) is 26.0 Å². The average molecular weight is 461 g/mol. The van der Waals surface area contributed by atoms with Gasteiger partial charge in [-0.25, -0.2) is 22.0 Å². The lowest BCUT2D eigenvalue weighted by Crippen LogP contribution is -2.31. The number of nitrogens with zero attached hydrogens (tertiary/aromatic N) is 1. The molecule has 0 radical (unpaired) electrons. The first-order valence-corrected chi connectivity index (χ1v) is 11.1. The summed E-state index contributed by atoms with van der Waals surface area (Å²) in [7, 11) is -4.00. The Labute approximate surface area is 184 Å². The van der Waals surface area contributed by atoms with Crippen molar-refractivity contribution in [3.05, 3.63) is 89.0 Å². The molecule has 0 spiro atoms. The Morgan fingerprint density at radius 3 is 2.28 bits per heavy atom. The lowest BCUT2D eigenvalue weighted by atomic mass is 10.1. The number of sulfonamides is 1. The Morgan fingerprint density at radius 1 is 1.00 bits per heavy atom. The molecule has 0 amide bonds. The maximum Gasteiger partial charge on any atom is 0.335 e. The van der Waals surface area contributed by atoms with Crippen LogP contribution in [0.2, 0.25) is 0 Å². The van der Waals surface area contributed by atoms with Gasteiger partial charge in [-0.2, -0.15) is 0 Å². The lowest BCUT2D eigenvalue weighted by Gasteiger charge is -2.23. The SMILES string of the molecule is CCN(c1ccc(OCc2ccc(F)c(F)c2)cc1)S(=O)(=O)c1ccc(C)c(C(=O)O)c1. The summed E-state index contributed by atoms with van der Waals surface area (Å²) in [6.07, 6.45) is 0. The van der Waals surface area contributed by atoms with Crippen LogP contribution in [-0.2, 0) is 16.6 Å². The molecule has 3 aromatic rings. The highest BCUT2D eigenvalue weighted by atomic mass is 32.2. The van der Waals surface area contributed by atoms with Gasteiger partial charge < -0.3 is 9.84 Å². The highest BCUT2D eigenvalue weighted by Gasteiger charge is 2.25. The van der Waals surface area contributed by atoms with Crippen LogP contribution >= 0.6 is 0 Å². The minimum Gasteiger partial charge on any atom is -0.489 e. The number of benzene rings is 3. The molecule has 0 unspecified atom stereocenters. The van der Waals surface area contributed by atoms with Gasteiger partial charge in [0.2, 0.25) is 0 Å².